The molecule has 0 saturated heterocycles. The summed E-state index contributed by atoms with van der Waals surface area (Å²) in [5, 5.41) is 16.2. The summed E-state index contributed by atoms with van der Waals surface area (Å²) in [4.78, 5) is 14.8. The van der Waals surface area contributed by atoms with E-state index in [1.54, 1.807) is 24.4 Å². The molecule has 0 radical (unpaired) electrons. The average molecular weight is 201 g/mol. The lowest BCUT2D eigenvalue weighted by Crippen LogP contribution is -1.99. The molecule has 0 saturated carbocycles. The summed E-state index contributed by atoms with van der Waals surface area (Å²) in [6.45, 7) is 0. The van der Waals surface area contributed by atoms with E-state index >= 15 is 0 Å². The van der Waals surface area contributed by atoms with Crippen molar-refractivity contribution in [3.63, 3.8) is 0 Å². The molecule has 15 heavy (non-hydrogen) atoms. The number of pyridine rings is 1. The number of hydrogen-bond acceptors (Lipinski definition) is 4. The molecular weight excluding hydrogens is 194 g/mol. The summed E-state index contributed by atoms with van der Waals surface area (Å²) in [6, 6.07) is 6.77. The summed E-state index contributed by atoms with van der Waals surface area (Å²) < 4.78 is 0. The fourth-order valence-corrected chi connectivity index (χ4v) is 1.12. The monoisotopic (exact) mass is 201 g/mol. The van der Waals surface area contributed by atoms with Gasteiger partial charge in [0.15, 0.2) is 0 Å². The third kappa shape index (κ3) is 1.96. The van der Waals surface area contributed by atoms with Gasteiger partial charge >= 0.3 is 5.97 Å². The zero-order valence-electron chi connectivity index (χ0n) is 7.66. The number of carboxylic acid groups (broad SMARTS) is 1. The maximum absolute atomic E-state index is 10.7. The van der Waals surface area contributed by atoms with Gasteiger partial charge in [0, 0.05) is 6.20 Å². The number of carboxylic acids is 1. The fraction of sp³-hybridized carbons (Fsp3) is 0. The Morgan fingerprint density at radius 1 is 1.27 bits per heavy atom. The van der Waals surface area contributed by atoms with Crippen LogP contribution in [0, 0.1) is 0 Å². The highest BCUT2D eigenvalue weighted by Crippen LogP contribution is 2.13. The minimum atomic E-state index is -1.03. The van der Waals surface area contributed by atoms with Crippen molar-refractivity contribution in [2.45, 2.75) is 0 Å². The molecule has 0 spiro atoms. The number of nitrogens with zero attached hydrogens (tertiary/aromatic N) is 3. The maximum atomic E-state index is 10.7. The Balaban J connectivity index is 2.46. The first-order valence-electron chi connectivity index (χ1n) is 4.25. The highest BCUT2D eigenvalue weighted by molar-refractivity contribution is 5.88. The molecule has 2 heterocycles. The van der Waals surface area contributed by atoms with Gasteiger partial charge in [-0.3, -0.25) is 4.98 Å². The molecule has 0 amide bonds. The summed E-state index contributed by atoms with van der Waals surface area (Å²) in [7, 11) is 0. The van der Waals surface area contributed by atoms with E-state index < -0.39 is 5.97 Å². The standard InChI is InChI=1S/C10H7N3O2/c14-10(15)7-5-9(13-12-6-7)8-3-1-2-4-11-8/h1-6H,(H,14,15). The van der Waals surface area contributed by atoms with Crippen LogP contribution >= 0.6 is 0 Å². The van der Waals surface area contributed by atoms with E-state index in [0.29, 0.717) is 11.4 Å². The van der Waals surface area contributed by atoms with Crippen LogP contribution < -0.4 is 0 Å². The van der Waals surface area contributed by atoms with Crippen LogP contribution in [-0.4, -0.2) is 26.3 Å². The Hall–Kier alpha value is -2.30. The molecule has 0 aliphatic rings. The number of aromatic carboxylic acids is 1. The summed E-state index contributed by atoms with van der Waals surface area (Å²) in [5.74, 6) is -1.03. The van der Waals surface area contributed by atoms with Gasteiger partial charge in [0.25, 0.3) is 0 Å². The van der Waals surface area contributed by atoms with E-state index in [9.17, 15) is 4.79 Å². The van der Waals surface area contributed by atoms with Gasteiger partial charge in [0.1, 0.15) is 5.69 Å². The second-order valence-electron chi connectivity index (χ2n) is 2.85. The average Bonchev–Trinajstić information content (AvgIpc) is 2.30. The van der Waals surface area contributed by atoms with Crippen molar-refractivity contribution in [2.75, 3.05) is 0 Å². The normalized spacial score (nSPS) is 9.87. The third-order valence-corrected chi connectivity index (χ3v) is 1.83. The van der Waals surface area contributed by atoms with Gasteiger partial charge in [0.2, 0.25) is 0 Å². The molecule has 0 bridgehead atoms. The second-order valence-corrected chi connectivity index (χ2v) is 2.85. The van der Waals surface area contributed by atoms with Gasteiger partial charge in [-0.1, -0.05) is 6.07 Å². The molecule has 0 aliphatic heterocycles. The van der Waals surface area contributed by atoms with Crippen LogP contribution in [0.25, 0.3) is 11.4 Å². The highest BCUT2D eigenvalue weighted by Gasteiger charge is 2.07. The van der Waals surface area contributed by atoms with Gasteiger partial charge in [-0.25, -0.2) is 4.79 Å². The molecule has 2 aromatic heterocycles. The molecule has 0 aromatic carbocycles. The van der Waals surface area contributed by atoms with Crippen LogP contribution in [0.4, 0.5) is 0 Å². The first-order chi connectivity index (χ1) is 7.27. The first kappa shape index (κ1) is 9.26. The largest absolute Gasteiger partial charge is 0.478 e. The van der Waals surface area contributed by atoms with Crippen molar-refractivity contribution in [1.29, 1.82) is 0 Å². The van der Waals surface area contributed by atoms with Crippen molar-refractivity contribution in [2.24, 2.45) is 0 Å². The molecular formula is C10H7N3O2. The molecule has 0 aliphatic carbocycles. The minimum Gasteiger partial charge on any atom is -0.478 e. The Morgan fingerprint density at radius 3 is 2.80 bits per heavy atom. The number of hydrogen-bond donors (Lipinski definition) is 1. The number of rotatable bonds is 2. The smallest absolute Gasteiger partial charge is 0.337 e. The van der Waals surface area contributed by atoms with Crippen molar-refractivity contribution < 1.29 is 9.90 Å². The Morgan fingerprint density at radius 2 is 2.13 bits per heavy atom. The molecule has 5 heteroatoms. The van der Waals surface area contributed by atoms with Crippen molar-refractivity contribution in [1.82, 2.24) is 15.2 Å². The van der Waals surface area contributed by atoms with Crippen molar-refractivity contribution in [3.05, 3.63) is 42.2 Å². The van der Waals surface area contributed by atoms with Crippen molar-refractivity contribution in [3.8, 4) is 11.4 Å². The van der Waals surface area contributed by atoms with Crippen LogP contribution in [-0.2, 0) is 0 Å². The van der Waals surface area contributed by atoms with Gasteiger partial charge in [-0.15, -0.1) is 5.10 Å². The molecule has 0 unspecified atom stereocenters. The fourth-order valence-electron chi connectivity index (χ4n) is 1.12. The predicted molar refractivity (Wildman–Crippen MR) is 52.2 cm³/mol. The Kier molecular flexibility index (Phi) is 2.37. The van der Waals surface area contributed by atoms with E-state index in [1.165, 1.54) is 12.3 Å². The summed E-state index contributed by atoms with van der Waals surface area (Å²) in [5.41, 5.74) is 1.16. The van der Waals surface area contributed by atoms with E-state index in [0.717, 1.165) is 0 Å². The van der Waals surface area contributed by atoms with Crippen LogP contribution in [0.15, 0.2) is 36.7 Å². The number of carbonyl (C=O) groups is 1. The first-order valence-corrected chi connectivity index (χ1v) is 4.25. The van der Waals surface area contributed by atoms with E-state index in [-0.39, 0.29) is 5.56 Å². The van der Waals surface area contributed by atoms with Gasteiger partial charge in [-0.05, 0) is 18.2 Å². The highest BCUT2D eigenvalue weighted by atomic mass is 16.4. The lowest BCUT2D eigenvalue weighted by Gasteiger charge is -1.98. The molecule has 2 aromatic rings. The second kappa shape index (κ2) is 3.83. The maximum Gasteiger partial charge on any atom is 0.337 e. The molecule has 0 fully saturated rings. The van der Waals surface area contributed by atoms with Crippen LogP contribution in [0.5, 0.6) is 0 Å². The van der Waals surface area contributed by atoms with Crippen LogP contribution in [0.1, 0.15) is 10.4 Å². The van der Waals surface area contributed by atoms with Gasteiger partial charge in [0.05, 0.1) is 17.5 Å². The molecule has 0 atom stereocenters. The van der Waals surface area contributed by atoms with Crippen LogP contribution in [0.2, 0.25) is 0 Å². The zero-order chi connectivity index (χ0) is 10.7. The summed E-state index contributed by atoms with van der Waals surface area (Å²) in [6.07, 6.45) is 2.82. The predicted octanol–water partition coefficient (Wildman–Crippen LogP) is 1.24. The number of aromatic nitrogens is 3. The summed E-state index contributed by atoms with van der Waals surface area (Å²) >= 11 is 0. The lowest BCUT2D eigenvalue weighted by atomic mass is 10.2. The lowest BCUT2D eigenvalue weighted by molar-refractivity contribution is 0.0696. The quantitative estimate of drug-likeness (QED) is 0.790. The van der Waals surface area contributed by atoms with Crippen molar-refractivity contribution >= 4 is 5.97 Å². The zero-order valence-corrected chi connectivity index (χ0v) is 7.66. The van der Waals surface area contributed by atoms with E-state index in [2.05, 4.69) is 15.2 Å². The van der Waals surface area contributed by atoms with Gasteiger partial charge < -0.3 is 5.11 Å². The van der Waals surface area contributed by atoms with Gasteiger partial charge in [-0.2, -0.15) is 5.10 Å². The SMILES string of the molecule is O=C(O)c1cnnc(-c2ccccn2)c1. The van der Waals surface area contributed by atoms with E-state index in [1.807, 2.05) is 0 Å². The Bertz CT molecular complexity index is 485. The van der Waals surface area contributed by atoms with Crippen LogP contribution in [0.3, 0.4) is 0 Å². The molecule has 5 nitrogen and oxygen atoms in total. The minimum absolute atomic E-state index is 0.102. The topological polar surface area (TPSA) is 76.0 Å². The molecule has 1 N–H and O–H groups in total. The molecule has 74 valence electrons. The third-order valence-electron chi connectivity index (χ3n) is 1.83. The van der Waals surface area contributed by atoms with E-state index in [4.69, 9.17) is 5.11 Å². The Labute approximate surface area is 85.4 Å². The molecule has 2 rings (SSSR count).